The molecule has 0 spiro atoms. The fraction of sp³-hybridized carbons (Fsp3) is 0.531. The number of ether oxygens (including phenoxy) is 2. The fourth-order valence-corrected chi connectivity index (χ4v) is 5.84. The van der Waals surface area contributed by atoms with Crippen molar-refractivity contribution in [2.75, 3.05) is 33.0 Å². The average Bonchev–Trinajstić information content (AvgIpc) is 3.53. The summed E-state index contributed by atoms with van der Waals surface area (Å²) < 4.78 is 10.9. The van der Waals surface area contributed by atoms with E-state index >= 15 is 0 Å². The lowest BCUT2D eigenvalue weighted by molar-refractivity contribution is -0.909. The fourth-order valence-electron chi connectivity index (χ4n) is 4.23. The van der Waals surface area contributed by atoms with E-state index in [4.69, 9.17) is 9.47 Å². The number of carbonyl (C=O) groups is 1. The molecule has 220 valence electrons. The molecule has 4 atom stereocenters. The maximum absolute atomic E-state index is 13.3. The lowest BCUT2D eigenvalue weighted by Crippen LogP contribution is -3.14. The molecule has 0 aromatic carbocycles. The van der Waals surface area contributed by atoms with Crippen molar-refractivity contribution < 1.29 is 24.3 Å². The minimum absolute atomic E-state index is 0.156. The molecule has 1 fully saturated rings. The number of piperidine rings is 1. The number of rotatable bonds is 11. The van der Waals surface area contributed by atoms with E-state index in [-0.39, 0.29) is 6.10 Å². The van der Waals surface area contributed by atoms with E-state index in [0.717, 1.165) is 44.7 Å². The van der Waals surface area contributed by atoms with Crippen molar-refractivity contribution in [2.45, 2.75) is 72.5 Å². The minimum atomic E-state index is -1.78. The van der Waals surface area contributed by atoms with Crippen molar-refractivity contribution in [3.05, 3.63) is 70.0 Å². The molecule has 1 saturated heterocycles. The summed E-state index contributed by atoms with van der Waals surface area (Å²) in [5.74, 6) is 0.685. The molecule has 0 amide bonds. The second-order valence-corrected chi connectivity index (χ2v) is 10.2. The van der Waals surface area contributed by atoms with Crippen LogP contribution in [-0.4, -0.2) is 50.2 Å². The van der Waals surface area contributed by atoms with Gasteiger partial charge in [0, 0.05) is 17.2 Å². The van der Waals surface area contributed by atoms with Crippen LogP contribution >= 0.6 is 23.1 Å². The largest absolute Gasteiger partial charge is 0.497 e. The first kappa shape index (κ1) is 38.9. The predicted molar refractivity (Wildman–Crippen MR) is 171 cm³/mol. The van der Waals surface area contributed by atoms with Gasteiger partial charge in [-0.15, -0.1) is 35.9 Å². The number of terminal acetylenes is 1. The molecule has 1 aromatic heterocycles. The molecular weight excluding hydrogens is 526 g/mol. The van der Waals surface area contributed by atoms with Crippen LogP contribution in [-0.2, 0) is 19.9 Å². The Bertz CT molecular complexity index is 886. The molecule has 2 N–H and O–H groups in total. The number of quaternary nitrogens is 1. The molecule has 1 aliphatic heterocycles. The molecule has 0 radical (unpaired) electrons. The van der Waals surface area contributed by atoms with Crippen LogP contribution in [0, 0.1) is 18.8 Å². The number of hydrogen-bond donors (Lipinski definition) is 2. The highest BCUT2D eigenvalue weighted by Crippen LogP contribution is 2.40. The number of esters is 1. The van der Waals surface area contributed by atoms with E-state index in [2.05, 4.69) is 33.3 Å². The van der Waals surface area contributed by atoms with Gasteiger partial charge in [0.15, 0.2) is 6.10 Å². The third-order valence-corrected chi connectivity index (χ3v) is 7.99. The van der Waals surface area contributed by atoms with E-state index in [0.29, 0.717) is 15.7 Å². The van der Waals surface area contributed by atoms with Gasteiger partial charge in [-0.3, -0.25) is 0 Å². The Labute approximate surface area is 247 Å². The van der Waals surface area contributed by atoms with Crippen molar-refractivity contribution in [2.24, 2.45) is 5.92 Å². The van der Waals surface area contributed by atoms with Gasteiger partial charge in [-0.2, -0.15) is 0 Å². The smallest absolute Gasteiger partial charge is 0.349 e. The summed E-state index contributed by atoms with van der Waals surface area (Å²) in [7, 11) is 1.66. The molecule has 0 bridgehead atoms. The lowest BCUT2D eigenvalue weighted by Gasteiger charge is -2.37. The Kier molecular flexibility index (Phi) is 23.6. The Balaban J connectivity index is 0. The number of thiophene rings is 1. The number of thioether (sulfide) groups is 1. The second-order valence-electron chi connectivity index (χ2n) is 8.41. The molecule has 7 heteroatoms. The molecule has 39 heavy (non-hydrogen) atoms. The van der Waals surface area contributed by atoms with Gasteiger partial charge in [0.1, 0.15) is 12.3 Å². The summed E-state index contributed by atoms with van der Waals surface area (Å²) in [5.41, 5.74) is -1.78. The standard InChI is InChI=1S/C21H31NO3S2.C7H12O.C2H6.C2H2/c1-5-9-18(26-4)21(24,19-10-8-14-27-19)20(23)25-17-15-22(12-6-2)13-11-16(17)7-3;1-4-6-7(5-2)8-3;2*1-2/h5,8-10,14,16-17,24H,1,6-7,11-13,15H2,2-4H3;4-6H,1-3H3;1-2H3;1-2H/p+1/b18-9-;6-4-,7-5+;;. The molecule has 0 saturated carbocycles. The van der Waals surface area contributed by atoms with Gasteiger partial charge in [-0.25, -0.2) is 4.79 Å². The van der Waals surface area contributed by atoms with Crippen molar-refractivity contribution in [1.82, 2.24) is 0 Å². The zero-order chi connectivity index (χ0) is 30.3. The quantitative estimate of drug-likeness (QED) is 0.138. The van der Waals surface area contributed by atoms with Crippen LogP contribution in [0.15, 0.2) is 65.1 Å². The zero-order valence-electron chi connectivity index (χ0n) is 25.4. The van der Waals surface area contributed by atoms with Crippen molar-refractivity contribution in [3.8, 4) is 12.8 Å². The van der Waals surface area contributed by atoms with Crippen LogP contribution < -0.4 is 4.90 Å². The highest BCUT2D eigenvalue weighted by Gasteiger charge is 2.46. The third kappa shape index (κ3) is 12.7. The van der Waals surface area contributed by atoms with Crippen LogP contribution in [0.1, 0.15) is 65.7 Å². The van der Waals surface area contributed by atoms with Crippen LogP contribution in [0.3, 0.4) is 0 Å². The van der Waals surface area contributed by atoms with Gasteiger partial charge < -0.3 is 19.5 Å². The van der Waals surface area contributed by atoms with Gasteiger partial charge in [0.2, 0.25) is 5.60 Å². The SMILES string of the molecule is C#C.C/C=C\C(=C/C)OC.C=C/C=C(\SC)C(O)(C(=O)OC1C[NH+](CCC)CCC1CC)c1cccs1.CC. The van der Waals surface area contributed by atoms with Gasteiger partial charge >= 0.3 is 5.97 Å². The highest BCUT2D eigenvalue weighted by molar-refractivity contribution is 8.02. The summed E-state index contributed by atoms with van der Waals surface area (Å²) in [6, 6.07) is 3.62. The van der Waals surface area contributed by atoms with E-state index in [1.165, 1.54) is 28.0 Å². The topological polar surface area (TPSA) is 60.2 Å². The number of likely N-dealkylation sites (tertiary alicyclic amines) is 1. The van der Waals surface area contributed by atoms with Gasteiger partial charge in [0.05, 0.1) is 25.1 Å². The van der Waals surface area contributed by atoms with Gasteiger partial charge in [-0.1, -0.05) is 52.5 Å². The summed E-state index contributed by atoms with van der Waals surface area (Å²) in [6.45, 7) is 19.0. The number of allylic oxidation sites excluding steroid dienone is 5. The lowest BCUT2D eigenvalue weighted by atomic mass is 9.91. The summed E-state index contributed by atoms with van der Waals surface area (Å²) in [4.78, 5) is 15.9. The number of methoxy groups -OCH3 is 1. The van der Waals surface area contributed by atoms with E-state index < -0.39 is 11.6 Å². The molecular formula is C32H52NO4S2+. The van der Waals surface area contributed by atoms with E-state index in [9.17, 15) is 9.90 Å². The normalized spacial score (nSPS) is 20.5. The first-order valence-electron chi connectivity index (χ1n) is 13.7. The van der Waals surface area contributed by atoms with Crippen LogP contribution in [0.25, 0.3) is 0 Å². The first-order chi connectivity index (χ1) is 18.9. The molecule has 4 unspecified atom stereocenters. The molecule has 5 nitrogen and oxygen atoms in total. The van der Waals surface area contributed by atoms with Gasteiger partial charge in [-0.05, 0) is 62.6 Å². The maximum atomic E-state index is 13.3. The van der Waals surface area contributed by atoms with Crippen LogP contribution in [0.5, 0.6) is 0 Å². The van der Waals surface area contributed by atoms with Crippen molar-refractivity contribution in [3.63, 3.8) is 0 Å². The maximum Gasteiger partial charge on any atom is 0.349 e. The summed E-state index contributed by atoms with van der Waals surface area (Å²) in [6.07, 6.45) is 21.9. The predicted octanol–water partition coefficient (Wildman–Crippen LogP) is 6.39. The number of aliphatic hydroxyl groups is 1. The Morgan fingerprint density at radius 2 is 2.00 bits per heavy atom. The van der Waals surface area contributed by atoms with Crippen molar-refractivity contribution >= 4 is 29.1 Å². The van der Waals surface area contributed by atoms with Crippen LogP contribution in [0.2, 0.25) is 0 Å². The van der Waals surface area contributed by atoms with Crippen molar-refractivity contribution in [1.29, 1.82) is 0 Å². The van der Waals surface area contributed by atoms with E-state index in [1.54, 1.807) is 25.3 Å². The Morgan fingerprint density at radius 1 is 1.33 bits per heavy atom. The number of nitrogens with one attached hydrogen (secondary N) is 1. The molecule has 1 aliphatic rings. The first-order valence-corrected chi connectivity index (χ1v) is 15.8. The molecule has 2 rings (SSSR count). The summed E-state index contributed by atoms with van der Waals surface area (Å²) in [5, 5.41) is 13.3. The molecule has 1 aromatic rings. The Hall–Kier alpha value is -2.24. The highest BCUT2D eigenvalue weighted by atomic mass is 32.2. The molecule has 0 aliphatic carbocycles. The van der Waals surface area contributed by atoms with Crippen LogP contribution in [0.4, 0.5) is 0 Å². The average molecular weight is 579 g/mol. The van der Waals surface area contributed by atoms with E-state index in [1.807, 2.05) is 63.6 Å². The number of carbonyl (C=O) groups excluding carboxylic acids is 1. The van der Waals surface area contributed by atoms with Gasteiger partial charge in [0.25, 0.3) is 0 Å². The third-order valence-electron chi connectivity index (χ3n) is 6.14. The Morgan fingerprint density at radius 3 is 2.41 bits per heavy atom. The minimum Gasteiger partial charge on any atom is -0.497 e. The second kappa shape index (κ2) is 23.6. The zero-order valence-corrected chi connectivity index (χ0v) is 27.0. The monoisotopic (exact) mass is 578 g/mol. The molecule has 2 heterocycles. The number of hydrogen-bond acceptors (Lipinski definition) is 6. The summed E-state index contributed by atoms with van der Waals surface area (Å²) >= 11 is 2.71.